The van der Waals surface area contributed by atoms with Crippen molar-refractivity contribution in [3.05, 3.63) is 28.8 Å². The van der Waals surface area contributed by atoms with Gasteiger partial charge in [-0.15, -0.1) is 0 Å². The van der Waals surface area contributed by atoms with Gasteiger partial charge in [-0.3, -0.25) is 9.59 Å². The molecule has 0 saturated heterocycles. The Morgan fingerprint density at radius 1 is 1.44 bits per heavy atom. The van der Waals surface area contributed by atoms with Gasteiger partial charge in [-0.1, -0.05) is 31.9 Å². The third kappa shape index (κ3) is 3.74. The molecule has 98 valence electrons. The van der Waals surface area contributed by atoms with Crippen LogP contribution >= 0.6 is 11.6 Å². The second kappa shape index (κ2) is 6.40. The topological polar surface area (TPSA) is 72.2 Å². The van der Waals surface area contributed by atoms with Gasteiger partial charge in [-0.05, 0) is 24.6 Å². The molecule has 0 aliphatic heterocycles. The summed E-state index contributed by atoms with van der Waals surface area (Å²) in [5.74, 6) is -0.693. The Morgan fingerprint density at radius 3 is 2.61 bits per heavy atom. The number of hydrogen-bond acceptors (Lipinski definition) is 2. The largest absolute Gasteiger partial charge is 0.366 e. The van der Waals surface area contributed by atoms with E-state index in [0.29, 0.717) is 5.69 Å². The zero-order valence-corrected chi connectivity index (χ0v) is 11.3. The van der Waals surface area contributed by atoms with E-state index in [-0.39, 0.29) is 22.4 Å². The number of carbonyl (C=O) groups excluding carboxylic acids is 2. The number of anilines is 1. The fourth-order valence-corrected chi connectivity index (χ4v) is 1.90. The van der Waals surface area contributed by atoms with Gasteiger partial charge in [0.1, 0.15) is 0 Å². The van der Waals surface area contributed by atoms with E-state index in [9.17, 15) is 9.59 Å². The Balaban J connectivity index is 2.77. The SMILES string of the molecule is CCCC(C)C(=O)Nc1ccc(C(N)=O)c(Cl)c1. The lowest BCUT2D eigenvalue weighted by Crippen LogP contribution is -2.20. The molecule has 0 fully saturated rings. The lowest BCUT2D eigenvalue weighted by Gasteiger charge is -2.11. The third-order valence-corrected chi connectivity index (χ3v) is 2.98. The molecule has 4 nitrogen and oxygen atoms in total. The summed E-state index contributed by atoms with van der Waals surface area (Å²) in [6, 6.07) is 4.64. The highest BCUT2D eigenvalue weighted by Crippen LogP contribution is 2.21. The van der Waals surface area contributed by atoms with Crippen molar-refractivity contribution in [2.24, 2.45) is 11.7 Å². The third-order valence-electron chi connectivity index (χ3n) is 2.67. The number of nitrogens with two attached hydrogens (primary N) is 1. The number of hydrogen-bond donors (Lipinski definition) is 2. The van der Waals surface area contributed by atoms with Crippen LogP contribution in [0, 0.1) is 5.92 Å². The van der Waals surface area contributed by atoms with Gasteiger partial charge >= 0.3 is 0 Å². The molecule has 18 heavy (non-hydrogen) atoms. The smallest absolute Gasteiger partial charge is 0.250 e. The van der Waals surface area contributed by atoms with Crippen LogP contribution in [0.2, 0.25) is 5.02 Å². The highest BCUT2D eigenvalue weighted by molar-refractivity contribution is 6.34. The van der Waals surface area contributed by atoms with E-state index in [1.165, 1.54) is 12.1 Å². The van der Waals surface area contributed by atoms with Crippen LogP contribution in [0.4, 0.5) is 5.69 Å². The maximum absolute atomic E-state index is 11.8. The first-order chi connectivity index (χ1) is 8.45. The van der Waals surface area contributed by atoms with Crippen molar-refractivity contribution in [3.63, 3.8) is 0 Å². The Morgan fingerprint density at radius 2 is 2.11 bits per heavy atom. The van der Waals surface area contributed by atoms with Gasteiger partial charge in [0.05, 0.1) is 10.6 Å². The molecule has 5 heteroatoms. The van der Waals surface area contributed by atoms with Gasteiger partial charge in [0, 0.05) is 11.6 Å². The summed E-state index contributed by atoms with van der Waals surface area (Å²) in [5, 5.41) is 3.00. The quantitative estimate of drug-likeness (QED) is 0.862. The number of nitrogens with one attached hydrogen (secondary N) is 1. The number of rotatable bonds is 5. The standard InChI is InChI=1S/C13H17ClN2O2/c1-3-4-8(2)13(18)16-9-5-6-10(12(15)17)11(14)7-9/h5-8H,3-4H2,1-2H3,(H2,15,17)(H,16,18). The summed E-state index contributed by atoms with van der Waals surface area (Å²) in [6.07, 6.45) is 1.79. The summed E-state index contributed by atoms with van der Waals surface area (Å²) >= 11 is 5.90. The van der Waals surface area contributed by atoms with Gasteiger partial charge < -0.3 is 11.1 Å². The summed E-state index contributed by atoms with van der Waals surface area (Å²) in [6.45, 7) is 3.90. The Labute approximate surface area is 112 Å². The van der Waals surface area contributed by atoms with Gasteiger partial charge in [0.25, 0.3) is 0 Å². The second-order valence-corrected chi connectivity index (χ2v) is 4.65. The first kappa shape index (κ1) is 14.5. The molecule has 1 rings (SSSR count). The van der Waals surface area contributed by atoms with Crippen LogP contribution in [0.1, 0.15) is 37.0 Å². The van der Waals surface area contributed by atoms with Gasteiger partial charge in [-0.2, -0.15) is 0 Å². The molecule has 1 aromatic rings. The molecule has 3 N–H and O–H groups in total. The van der Waals surface area contributed by atoms with E-state index in [0.717, 1.165) is 12.8 Å². The zero-order valence-electron chi connectivity index (χ0n) is 10.5. The van der Waals surface area contributed by atoms with Crippen molar-refractivity contribution in [1.82, 2.24) is 0 Å². The first-order valence-corrected chi connectivity index (χ1v) is 6.23. The zero-order chi connectivity index (χ0) is 13.7. The maximum Gasteiger partial charge on any atom is 0.250 e. The summed E-state index contributed by atoms with van der Waals surface area (Å²) in [4.78, 5) is 22.8. The van der Waals surface area contributed by atoms with Gasteiger partial charge in [0.15, 0.2) is 0 Å². The Kier molecular flexibility index (Phi) is 5.16. The van der Waals surface area contributed by atoms with Crippen LogP contribution in [0.15, 0.2) is 18.2 Å². The predicted molar refractivity (Wildman–Crippen MR) is 72.7 cm³/mol. The summed E-state index contributed by atoms with van der Waals surface area (Å²) in [7, 11) is 0. The highest BCUT2D eigenvalue weighted by Gasteiger charge is 2.13. The molecule has 0 saturated carbocycles. The number of halogens is 1. The minimum absolute atomic E-state index is 0.0513. The van der Waals surface area contributed by atoms with E-state index in [4.69, 9.17) is 17.3 Å². The van der Waals surface area contributed by atoms with Crippen LogP contribution in [0.5, 0.6) is 0 Å². The van der Waals surface area contributed by atoms with Crippen molar-refractivity contribution in [3.8, 4) is 0 Å². The lowest BCUT2D eigenvalue weighted by atomic mass is 10.1. The number of primary amides is 1. The number of carbonyl (C=O) groups is 2. The average molecular weight is 269 g/mol. The first-order valence-electron chi connectivity index (χ1n) is 5.86. The maximum atomic E-state index is 11.8. The van der Waals surface area contributed by atoms with Crippen molar-refractivity contribution >= 4 is 29.1 Å². The molecule has 0 radical (unpaired) electrons. The average Bonchev–Trinajstić information content (AvgIpc) is 2.28. The predicted octanol–water partition coefficient (Wildman–Crippen LogP) is 2.81. The van der Waals surface area contributed by atoms with Crippen molar-refractivity contribution in [1.29, 1.82) is 0 Å². The Hall–Kier alpha value is -1.55. The molecule has 0 aromatic heterocycles. The fraction of sp³-hybridized carbons (Fsp3) is 0.385. The van der Waals surface area contributed by atoms with Gasteiger partial charge in [0.2, 0.25) is 11.8 Å². The molecule has 0 aliphatic rings. The lowest BCUT2D eigenvalue weighted by molar-refractivity contribution is -0.119. The van der Waals surface area contributed by atoms with E-state index in [2.05, 4.69) is 5.32 Å². The minimum atomic E-state index is -0.586. The van der Waals surface area contributed by atoms with E-state index in [1.54, 1.807) is 6.07 Å². The molecule has 0 bridgehead atoms. The Bertz CT molecular complexity index is 460. The van der Waals surface area contributed by atoms with Crippen molar-refractivity contribution in [2.45, 2.75) is 26.7 Å². The molecular formula is C13H17ClN2O2. The van der Waals surface area contributed by atoms with E-state index >= 15 is 0 Å². The summed E-state index contributed by atoms with van der Waals surface area (Å²) < 4.78 is 0. The van der Waals surface area contributed by atoms with E-state index in [1.807, 2.05) is 13.8 Å². The molecule has 0 aliphatic carbocycles. The fourth-order valence-electron chi connectivity index (χ4n) is 1.62. The molecule has 1 unspecified atom stereocenters. The number of amides is 2. The second-order valence-electron chi connectivity index (χ2n) is 4.24. The van der Waals surface area contributed by atoms with E-state index < -0.39 is 5.91 Å². The van der Waals surface area contributed by atoms with Crippen LogP contribution in [-0.2, 0) is 4.79 Å². The van der Waals surface area contributed by atoms with Crippen molar-refractivity contribution < 1.29 is 9.59 Å². The molecule has 1 aromatic carbocycles. The van der Waals surface area contributed by atoms with Crippen LogP contribution in [-0.4, -0.2) is 11.8 Å². The van der Waals surface area contributed by atoms with Crippen LogP contribution in [0.25, 0.3) is 0 Å². The van der Waals surface area contributed by atoms with Gasteiger partial charge in [-0.25, -0.2) is 0 Å². The highest BCUT2D eigenvalue weighted by atomic mass is 35.5. The minimum Gasteiger partial charge on any atom is -0.366 e. The molecule has 0 heterocycles. The van der Waals surface area contributed by atoms with Crippen molar-refractivity contribution in [2.75, 3.05) is 5.32 Å². The van der Waals surface area contributed by atoms with Crippen LogP contribution < -0.4 is 11.1 Å². The molecule has 0 spiro atoms. The number of benzene rings is 1. The molecular weight excluding hydrogens is 252 g/mol. The summed E-state index contributed by atoms with van der Waals surface area (Å²) in [5.41, 5.74) is 5.96. The van der Waals surface area contributed by atoms with Crippen LogP contribution in [0.3, 0.4) is 0 Å². The molecule has 1 atom stereocenters. The normalized spacial score (nSPS) is 11.9. The monoisotopic (exact) mass is 268 g/mol. The molecule has 2 amide bonds.